The van der Waals surface area contributed by atoms with E-state index in [1.165, 1.54) is 33.5 Å². The molecule has 1 nitrogen and oxygen atoms in total. The van der Waals surface area contributed by atoms with Crippen LogP contribution in [0.15, 0.2) is 17.5 Å². The summed E-state index contributed by atoms with van der Waals surface area (Å²) in [6, 6.07) is 4.35. The highest BCUT2D eigenvalue weighted by Gasteiger charge is 2.30. The molecule has 0 aliphatic heterocycles. The summed E-state index contributed by atoms with van der Waals surface area (Å²) in [6.07, 6.45) is 3.37. The van der Waals surface area contributed by atoms with Crippen molar-refractivity contribution in [1.29, 1.82) is 0 Å². The minimum absolute atomic E-state index is 0.246. The Hall–Kier alpha value is -0.380. The predicted octanol–water partition coefficient (Wildman–Crippen LogP) is 5.07. The number of aliphatic hydroxyl groups excluding tert-OH is 1. The molecule has 4 atom stereocenters. The lowest BCUT2D eigenvalue weighted by Gasteiger charge is -2.34. The lowest BCUT2D eigenvalue weighted by atomic mass is 9.74. The Kier molecular flexibility index (Phi) is 3.48. The first-order chi connectivity index (χ1) is 8.65. The van der Waals surface area contributed by atoms with Crippen LogP contribution in [-0.2, 0) is 0 Å². The first-order valence-electron chi connectivity index (χ1n) is 6.80. The van der Waals surface area contributed by atoms with Gasteiger partial charge in [-0.3, -0.25) is 0 Å². The van der Waals surface area contributed by atoms with E-state index in [1.807, 2.05) is 0 Å². The zero-order chi connectivity index (χ0) is 12.7. The number of fused-ring (bicyclic) bond motifs is 1. The van der Waals surface area contributed by atoms with Crippen molar-refractivity contribution in [2.75, 3.05) is 0 Å². The van der Waals surface area contributed by atoms with Crippen molar-refractivity contribution in [3.8, 4) is 0 Å². The van der Waals surface area contributed by atoms with Gasteiger partial charge in [-0.25, -0.2) is 0 Å². The molecule has 1 fully saturated rings. The molecular weight excluding hydrogens is 260 g/mol. The summed E-state index contributed by atoms with van der Waals surface area (Å²) in [6.45, 7) is 4.67. The van der Waals surface area contributed by atoms with Gasteiger partial charge in [0.05, 0.1) is 6.10 Å². The van der Waals surface area contributed by atoms with Crippen molar-refractivity contribution in [3.05, 3.63) is 22.4 Å². The van der Waals surface area contributed by atoms with Gasteiger partial charge in [-0.15, -0.1) is 22.7 Å². The van der Waals surface area contributed by atoms with Crippen LogP contribution in [0.2, 0.25) is 0 Å². The SMILES string of the molecule is CC1CCC(C(O)c2cc3sccc3s2)CC1C. The molecule has 98 valence electrons. The molecule has 0 bridgehead atoms. The Morgan fingerprint density at radius 3 is 2.78 bits per heavy atom. The van der Waals surface area contributed by atoms with E-state index in [2.05, 4.69) is 31.4 Å². The van der Waals surface area contributed by atoms with Crippen LogP contribution in [0.25, 0.3) is 9.40 Å². The van der Waals surface area contributed by atoms with Gasteiger partial charge in [0.25, 0.3) is 0 Å². The maximum absolute atomic E-state index is 10.6. The van der Waals surface area contributed by atoms with Crippen LogP contribution < -0.4 is 0 Å². The molecular formula is C15H20OS2. The Labute approximate surface area is 116 Å². The maximum Gasteiger partial charge on any atom is 0.0910 e. The largest absolute Gasteiger partial charge is 0.387 e. The summed E-state index contributed by atoms with van der Waals surface area (Å²) in [7, 11) is 0. The molecule has 1 aliphatic carbocycles. The average Bonchev–Trinajstić information content (AvgIpc) is 2.92. The van der Waals surface area contributed by atoms with Crippen molar-refractivity contribution >= 4 is 32.1 Å². The van der Waals surface area contributed by atoms with E-state index in [-0.39, 0.29) is 6.10 Å². The van der Waals surface area contributed by atoms with Crippen molar-refractivity contribution in [1.82, 2.24) is 0 Å². The zero-order valence-corrected chi connectivity index (χ0v) is 12.6. The topological polar surface area (TPSA) is 20.2 Å². The van der Waals surface area contributed by atoms with Crippen LogP contribution in [0.1, 0.15) is 44.1 Å². The number of rotatable bonds is 2. The summed E-state index contributed by atoms with van der Waals surface area (Å²) < 4.78 is 2.65. The molecule has 0 aromatic carbocycles. The van der Waals surface area contributed by atoms with E-state index in [9.17, 15) is 5.11 Å². The van der Waals surface area contributed by atoms with Crippen LogP contribution in [-0.4, -0.2) is 5.11 Å². The van der Waals surface area contributed by atoms with Gasteiger partial charge in [0.2, 0.25) is 0 Å². The first kappa shape index (κ1) is 12.6. The zero-order valence-electron chi connectivity index (χ0n) is 10.9. The molecule has 0 amide bonds. The molecule has 1 saturated carbocycles. The smallest absolute Gasteiger partial charge is 0.0910 e. The Bertz CT molecular complexity index is 499. The molecule has 2 aromatic rings. The lowest BCUT2D eigenvalue weighted by Crippen LogP contribution is -2.24. The second-order valence-electron chi connectivity index (χ2n) is 5.77. The standard InChI is InChI=1S/C15H20OS2/c1-9-3-4-11(7-10(9)2)15(16)14-8-13-12(18-14)5-6-17-13/h5-6,8-11,15-16H,3-4,7H2,1-2H3. The predicted molar refractivity (Wildman–Crippen MR) is 80.3 cm³/mol. The van der Waals surface area contributed by atoms with Crippen molar-refractivity contribution < 1.29 is 5.11 Å². The number of thiophene rings is 2. The molecule has 1 N–H and O–H groups in total. The fourth-order valence-corrected chi connectivity index (χ4v) is 5.24. The van der Waals surface area contributed by atoms with Crippen LogP contribution in [0.5, 0.6) is 0 Å². The quantitative estimate of drug-likeness (QED) is 0.814. The van der Waals surface area contributed by atoms with Gasteiger partial charge in [-0.05, 0) is 48.1 Å². The summed E-state index contributed by atoms with van der Waals surface area (Å²) in [5.74, 6) is 2.03. The molecule has 0 radical (unpaired) electrons. The normalized spacial score (nSPS) is 30.7. The molecule has 3 heteroatoms. The second kappa shape index (κ2) is 4.95. The van der Waals surface area contributed by atoms with Crippen molar-refractivity contribution in [2.24, 2.45) is 17.8 Å². The monoisotopic (exact) mass is 280 g/mol. The minimum atomic E-state index is -0.246. The van der Waals surface area contributed by atoms with Crippen molar-refractivity contribution in [3.63, 3.8) is 0 Å². The third-order valence-corrected chi connectivity index (χ3v) is 6.70. The van der Waals surface area contributed by atoms with Gasteiger partial charge in [0, 0.05) is 14.3 Å². The van der Waals surface area contributed by atoms with Crippen molar-refractivity contribution in [2.45, 2.75) is 39.2 Å². The summed E-state index contributed by atoms with van der Waals surface area (Å²) >= 11 is 3.54. The number of hydrogen-bond donors (Lipinski definition) is 1. The molecule has 2 heterocycles. The fraction of sp³-hybridized carbons (Fsp3) is 0.600. The highest BCUT2D eigenvalue weighted by molar-refractivity contribution is 7.26. The lowest BCUT2D eigenvalue weighted by molar-refractivity contribution is 0.0586. The van der Waals surface area contributed by atoms with E-state index in [1.54, 1.807) is 22.7 Å². The number of hydrogen-bond acceptors (Lipinski definition) is 3. The highest BCUT2D eigenvalue weighted by Crippen LogP contribution is 2.43. The second-order valence-corrected chi connectivity index (χ2v) is 7.83. The number of aliphatic hydroxyl groups is 1. The Morgan fingerprint density at radius 1 is 1.22 bits per heavy atom. The summed E-state index contributed by atoms with van der Waals surface area (Å²) in [5, 5.41) is 12.7. The van der Waals surface area contributed by atoms with Gasteiger partial charge in [-0.2, -0.15) is 0 Å². The molecule has 18 heavy (non-hydrogen) atoms. The third-order valence-electron chi connectivity index (χ3n) is 4.54. The van der Waals surface area contributed by atoms with Crippen LogP contribution in [0.4, 0.5) is 0 Å². The van der Waals surface area contributed by atoms with Crippen LogP contribution in [0, 0.1) is 17.8 Å². The van der Waals surface area contributed by atoms with Gasteiger partial charge < -0.3 is 5.11 Å². The highest BCUT2D eigenvalue weighted by atomic mass is 32.1. The van der Waals surface area contributed by atoms with Crippen LogP contribution in [0.3, 0.4) is 0 Å². The van der Waals surface area contributed by atoms with Gasteiger partial charge in [-0.1, -0.05) is 20.3 Å². The minimum Gasteiger partial charge on any atom is -0.387 e. The molecule has 0 saturated heterocycles. The van der Waals surface area contributed by atoms with Gasteiger partial charge in [0.1, 0.15) is 0 Å². The van der Waals surface area contributed by atoms with E-state index < -0.39 is 0 Å². The summed E-state index contributed by atoms with van der Waals surface area (Å²) in [5.41, 5.74) is 0. The van der Waals surface area contributed by atoms with E-state index >= 15 is 0 Å². The molecule has 3 rings (SSSR count). The molecule has 2 aromatic heterocycles. The van der Waals surface area contributed by atoms with E-state index in [0.29, 0.717) is 5.92 Å². The Balaban J connectivity index is 1.78. The maximum atomic E-state index is 10.6. The van der Waals surface area contributed by atoms with Gasteiger partial charge >= 0.3 is 0 Å². The Morgan fingerprint density at radius 2 is 2.06 bits per heavy atom. The molecule has 0 spiro atoms. The third kappa shape index (κ3) is 2.24. The molecule has 4 unspecified atom stereocenters. The van der Waals surface area contributed by atoms with Crippen LogP contribution >= 0.6 is 22.7 Å². The fourth-order valence-electron chi connectivity index (χ4n) is 3.04. The van der Waals surface area contributed by atoms with E-state index in [4.69, 9.17) is 0 Å². The average molecular weight is 280 g/mol. The van der Waals surface area contributed by atoms with Gasteiger partial charge in [0.15, 0.2) is 0 Å². The summed E-state index contributed by atoms with van der Waals surface area (Å²) in [4.78, 5) is 1.17. The molecule has 1 aliphatic rings. The first-order valence-corrected chi connectivity index (χ1v) is 8.49. The van der Waals surface area contributed by atoms with E-state index in [0.717, 1.165) is 11.8 Å².